The van der Waals surface area contributed by atoms with Crippen molar-refractivity contribution in [3.8, 4) is 0 Å². The van der Waals surface area contributed by atoms with Crippen LogP contribution in [0.15, 0.2) is 24.3 Å². The van der Waals surface area contributed by atoms with Gasteiger partial charge in [-0.2, -0.15) is 0 Å². The average molecular weight is 304 g/mol. The molecule has 1 aromatic carbocycles. The van der Waals surface area contributed by atoms with Gasteiger partial charge < -0.3 is 9.64 Å². The molecule has 1 rings (SSSR count). The van der Waals surface area contributed by atoms with Crippen LogP contribution in [0, 0.1) is 0 Å². The Labute approximate surface area is 124 Å². The normalized spacial score (nSPS) is 12.0. The number of anilines is 1. The Morgan fingerprint density at radius 1 is 1.21 bits per heavy atom. The predicted molar refractivity (Wildman–Crippen MR) is 80.5 cm³/mol. The van der Waals surface area contributed by atoms with Crippen molar-refractivity contribution in [2.45, 2.75) is 12.8 Å². The van der Waals surface area contributed by atoms with E-state index in [1.807, 2.05) is 31.2 Å². The molecule has 0 aliphatic heterocycles. The van der Waals surface area contributed by atoms with E-state index in [0.29, 0.717) is 11.8 Å². The standard InChI is InChI=1S/C14H19Cl2NO2/c1-11(14(18)19-2)12-3-5-13(6-4-12)17(9-7-15)10-8-16/h3-6,11H,7-10H2,1-2H3. The topological polar surface area (TPSA) is 29.5 Å². The quantitative estimate of drug-likeness (QED) is 0.572. The zero-order valence-electron chi connectivity index (χ0n) is 11.2. The third kappa shape index (κ3) is 4.59. The maximum Gasteiger partial charge on any atom is 0.312 e. The molecule has 0 aromatic heterocycles. The van der Waals surface area contributed by atoms with Gasteiger partial charge in [0.1, 0.15) is 0 Å². The van der Waals surface area contributed by atoms with Crippen molar-refractivity contribution >= 4 is 34.9 Å². The maximum atomic E-state index is 11.5. The molecule has 1 aromatic rings. The Morgan fingerprint density at radius 2 is 1.74 bits per heavy atom. The van der Waals surface area contributed by atoms with Crippen LogP contribution in [0.2, 0.25) is 0 Å². The lowest BCUT2D eigenvalue weighted by Gasteiger charge is -2.23. The molecule has 5 heteroatoms. The van der Waals surface area contributed by atoms with E-state index in [-0.39, 0.29) is 11.9 Å². The lowest BCUT2D eigenvalue weighted by Crippen LogP contribution is -2.27. The molecule has 0 radical (unpaired) electrons. The molecular weight excluding hydrogens is 285 g/mol. The van der Waals surface area contributed by atoms with Crippen LogP contribution in [0.5, 0.6) is 0 Å². The minimum absolute atomic E-state index is 0.230. The molecular formula is C14H19Cl2NO2. The summed E-state index contributed by atoms with van der Waals surface area (Å²) in [5, 5.41) is 0. The first-order valence-electron chi connectivity index (χ1n) is 6.18. The van der Waals surface area contributed by atoms with E-state index in [9.17, 15) is 4.79 Å². The fraction of sp³-hybridized carbons (Fsp3) is 0.500. The zero-order valence-corrected chi connectivity index (χ0v) is 12.7. The van der Waals surface area contributed by atoms with Crippen LogP contribution in [-0.4, -0.2) is 37.9 Å². The van der Waals surface area contributed by atoms with Crippen molar-refractivity contribution in [3.63, 3.8) is 0 Å². The molecule has 0 saturated heterocycles. The van der Waals surface area contributed by atoms with Gasteiger partial charge in [0.15, 0.2) is 0 Å². The highest BCUT2D eigenvalue weighted by Crippen LogP contribution is 2.21. The first-order chi connectivity index (χ1) is 9.13. The minimum atomic E-state index is -0.256. The second-order valence-corrected chi connectivity index (χ2v) is 4.96. The van der Waals surface area contributed by atoms with Crippen LogP contribution >= 0.6 is 23.2 Å². The van der Waals surface area contributed by atoms with Gasteiger partial charge in [-0.25, -0.2) is 0 Å². The molecule has 0 amide bonds. The highest BCUT2D eigenvalue weighted by molar-refractivity contribution is 6.18. The Bertz CT molecular complexity index is 389. The van der Waals surface area contributed by atoms with Crippen LogP contribution in [-0.2, 0) is 9.53 Å². The van der Waals surface area contributed by atoms with Crippen molar-refractivity contribution in [2.24, 2.45) is 0 Å². The molecule has 0 aliphatic rings. The smallest absolute Gasteiger partial charge is 0.312 e. The Hall–Kier alpha value is -0.930. The number of methoxy groups -OCH3 is 1. The van der Waals surface area contributed by atoms with Gasteiger partial charge in [0.05, 0.1) is 13.0 Å². The van der Waals surface area contributed by atoms with Gasteiger partial charge in [0, 0.05) is 30.5 Å². The first-order valence-corrected chi connectivity index (χ1v) is 7.25. The zero-order chi connectivity index (χ0) is 14.3. The Kier molecular flexibility index (Phi) is 7.03. The largest absolute Gasteiger partial charge is 0.469 e. The molecule has 0 bridgehead atoms. The van der Waals surface area contributed by atoms with Gasteiger partial charge in [-0.05, 0) is 24.6 Å². The molecule has 1 atom stereocenters. The van der Waals surface area contributed by atoms with Crippen molar-refractivity contribution in [1.29, 1.82) is 0 Å². The molecule has 0 spiro atoms. The van der Waals surface area contributed by atoms with Crippen LogP contribution in [0.4, 0.5) is 5.69 Å². The van der Waals surface area contributed by atoms with Crippen molar-refractivity contribution in [2.75, 3.05) is 36.9 Å². The number of nitrogens with zero attached hydrogens (tertiary/aromatic N) is 1. The molecule has 19 heavy (non-hydrogen) atoms. The number of hydrogen-bond acceptors (Lipinski definition) is 3. The van der Waals surface area contributed by atoms with Crippen LogP contribution in [0.3, 0.4) is 0 Å². The summed E-state index contributed by atoms with van der Waals surface area (Å²) in [7, 11) is 1.40. The number of benzene rings is 1. The fourth-order valence-electron chi connectivity index (χ4n) is 1.86. The van der Waals surface area contributed by atoms with Gasteiger partial charge in [-0.3, -0.25) is 4.79 Å². The van der Waals surface area contributed by atoms with E-state index in [0.717, 1.165) is 24.3 Å². The number of ether oxygens (including phenoxy) is 1. The maximum absolute atomic E-state index is 11.5. The summed E-state index contributed by atoms with van der Waals surface area (Å²) >= 11 is 11.6. The fourth-order valence-corrected chi connectivity index (χ4v) is 2.27. The lowest BCUT2D eigenvalue weighted by molar-refractivity contribution is -0.141. The van der Waals surface area contributed by atoms with Crippen LogP contribution in [0.25, 0.3) is 0 Å². The number of rotatable bonds is 7. The second kappa shape index (κ2) is 8.28. The van der Waals surface area contributed by atoms with Gasteiger partial charge in [-0.1, -0.05) is 12.1 Å². The summed E-state index contributed by atoms with van der Waals surface area (Å²) in [5.41, 5.74) is 1.99. The van der Waals surface area contributed by atoms with E-state index in [1.54, 1.807) is 0 Å². The van der Waals surface area contributed by atoms with Crippen molar-refractivity contribution in [1.82, 2.24) is 0 Å². The van der Waals surface area contributed by atoms with E-state index in [2.05, 4.69) is 4.90 Å². The number of carbonyl (C=O) groups is 1. The summed E-state index contributed by atoms with van der Waals surface area (Å²) in [5.74, 6) is 0.619. The van der Waals surface area contributed by atoms with Crippen LogP contribution in [0.1, 0.15) is 18.4 Å². The SMILES string of the molecule is COC(=O)C(C)c1ccc(N(CCCl)CCCl)cc1. The summed E-state index contributed by atoms with van der Waals surface area (Å²) in [4.78, 5) is 13.6. The van der Waals surface area contributed by atoms with Crippen LogP contribution < -0.4 is 4.90 Å². The van der Waals surface area contributed by atoms with E-state index in [4.69, 9.17) is 27.9 Å². The molecule has 0 aliphatic carbocycles. The molecule has 0 saturated carbocycles. The van der Waals surface area contributed by atoms with E-state index in [1.165, 1.54) is 7.11 Å². The number of halogens is 2. The summed E-state index contributed by atoms with van der Waals surface area (Å²) < 4.78 is 4.74. The highest BCUT2D eigenvalue weighted by atomic mass is 35.5. The van der Waals surface area contributed by atoms with Crippen molar-refractivity contribution in [3.05, 3.63) is 29.8 Å². The summed E-state index contributed by atoms with van der Waals surface area (Å²) in [6.07, 6.45) is 0. The third-order valence-electron chi connectivity index (χ3n) is 3.02. The second-order valence-electron chi connectivity index (χ2n) is 4.20. The predicted octanol–water partition coefficient (Wildman–Crippen LogP) is 3.25. The molecule has 0 heterocycles. The molecule has 0 fully saturated rings. The number of alkyl halides is 2. The molecule has 0 N–H and O–H groups in total. The Balaban J connectivity index is 2.82. The summed E-state index contributed by atoms with van der Waals surface area (Å²) in [6, 6.07) is 7.83. The number of carbonyl (C=O) groups excluding carboxylic acids is 1. The average Bonchev–Trinajstić information content (AvgIpc) is 2.45. The molecule has 1 unspecified atom stereocenters. The Morgan fingerprint density at radius 3 is 2.16 bits per heavy atom. The first kappa shape index (κ1) is 16.1. The molecule has 106 valence electrons. The monoisotopic (exact) mass is 303 g/mol. The van der Waals surface area contributed by atoms with Gasteiger partial charge >= 0.3 is 5.97 Å². The van der Waals surface area contributed by atoms with Crippen molar-refractivity contribution < 1.29 is 9.53 Å². The lowest BCUT2D eigenvalue weighted by atomic mass is 10.0. The van der Waals surface area contributed by atoms with E-state index < -0.39 is 0 Å². The minimum Gasteiger partial charge on any atom is -0.469 e. The summed E-state index contributed by atoms with van der Waals surface area (Å²) in [6.45, 7) is 3.33. The van der Waals surface area contributed by atoms with Gasteiger partial charge in [-0.15, -0.1) is 23.2 Å². The van der Waals surface area contributed by atoms with E-state index >= 15 is 0 Å². The highest BCUT2D eigenvalue weighted by Gasteiger charge is 2.15. The van der Waals surface area contributed by atoms with Gasteiger partial charge in [0.25, 0.3) is 0 Å². The van der Waals surface area contributed by atoms with Gasteiger partial charge in [0.2, 0.25) is 0 Å². The molecule has 3 nitrogen and oxygen atoms in total. The third-order valence-corrected chi connectivity index (χ3v) is 3.36. The number of esters is 1. The number of hydrogen-bond donors (Lipinski definition) is 0.